The predicted molar refractivity (Wildman–Crippen MR) is 49.6 cm³/mol. The Balaban J connectivity index is 2.00. The molecule has 1 aliphatic rings. The van der Waals surface area contributed by atoms with Crippen molar-refractivity contribution < 1.29 is 4.74 Å². The van der Waals surface area contributed by atoms with E-state index >= 15 is 0 Å². The van der Waals surface area contributed by atoms with Gasteiger partial charge in [0, 0.05) is 18.4 Å². The average molecular weight is 179 g/mol. The topological polar surface area (TPSA) is 47.0 Å². The zero-order valence-corrected chi connectivity index (χ0v) is 7.66. The second kappa shape index (κ2) is 3.70. The number of aromatic nitrogens is 2. The van der Waals surface area contributed by atoms with Gasteiger partial charge in [0.05, 0.1) is 12.6 Å². The van der Waals surface area contributed by atoms with E-state index in [0.717, 1.165) is 31.1 Å². The van der Waals surface area contributed by atoms with E-state index in [1.807, 2.05) is 13.0 Å². The van der Waals surface area contributed by atoms with E-state index in [-0.39, 0.29) is 0 Å². The van der Waals surface area contributed by atoms with Gasteiger partial charge in [-0.1, -0.05) is 0 Å². The Morgan fingerprint density at radius 1 is 1.54 bits per heavy atom. The van der Waals surface area contributed by atoms with Crippen LogP contribution in [0.2, 0.25) is 0 Å². The van der Waals surface area contributed by atoms with Crippen LogP contribution < -0.4 is 5.32 Å². The van der Waals surface area contributed by atoms with Gasteiger partial charge >= 0.3 is 0 Å². The first-order valence-electron chi connectivity index (χ1n) is 4.47. The van der Waals surface area contributed by atoms with Crippen molar-refractivity contribution in [1.82, 2.24) is 9.97 Å². The van der Waals surface area contributed by atoms with Crippen molar-refractivity contribution in [2.24, 2.45) is 0 Å². The second-order valence-corrected chi connectivity index (χ2v) is 3.25. The highest BCUT2D eigenvalue weighted by molar-refractivity contribution is 5.35. The molecule has 2 rings (SSSR count). The van der Waals surface area contributed by atoms with Gasteiger partial charge < -0.3 is 10.1 Å². The number of nitrogens with zero attached hydrogens (tertiary/aromatic N) is 2. The summed E-state index contributed by atoms with van der Waals surface area (Å²) in [4.78, 5) is 8.16. The molecule has 0 bridgehead atoms. The van der Waals surface area contributed by atoms with Crippen LogP contribution in [0.25, 0.3) is 0 Å². The average Bonchev–Trinajstić information content (AvgIpc) is 2.57. The van der Waals surface area contributed by atoms with Crippen LogP contribution in [-0.2, 0) is 4.74 Å². The fraction of sp³-hybridized carbons (Fsp3) is 0.556. The first-order chi connectivity index (χ1) is 6.34. The molecule has 0 amide bonds. The molecule has 1 unspecified atom stereocenters. The summed E-state index contributed by atoms with van der Waals surface area (Å²) in [6, 6.07) is 2.35. The first-order valence-corrected chi connectivity index (χ1v) is 4.47. The lowest BCUT2D eigenvalue weighted by Crippen LogP contribution is -2.19. The number of rotatable bonds is 2. The molecule has 4 nitrogen and oxygen atoms in total. The molecule has 1 fully saturated rings. The minimum atomic E-state index is 0.411. The summed E-state index contributed by atoms with van der Waals surface area (Å²) in [6.45, 7) is 3.59. The minimum absolute atomic E-state index is 0.411. The first kappa shape index (κ1) is 8.44. The Morgan fingerprint density at radius 2 is 2.46 bits per heavy atom. The van der Waals surface area contributed by atoms with Crippen LogP contribution in [0.5, 0.6) is 0 Å². The Hall–Kier alpha value is -1.16. The highest BCUT2D eigenvalue weighted by Crippen LogP contribution is 2.11. The normalized spacial score (nSPS) is 21.8. The summed E-state index contributed by atoms with van der Waals surface area (Å²) in [5.74, 6) is 0.892. The van der Waals surface area contributed by atoms with E-state index in [1.54, 1.807) is 6.33 Å². The van der Waals surface area contributed by atoms with Gasteiger partial charge in [-0.25, -0.2) is 9.97 Å². The van der Waals surface area contributed by atoms with Gasteiger partial charge in [0.2, 0.25) is 0 Å². The van der Waals surface area contributed by atoms with Crippen LogP contribution in [-0.4, -0.2) is 29.2 Å². The molecule has 0 aliphatic carbocycles. The van der Waals surface area contributed by atoms with Crippen molar-refractivity contribution in [3.05, 3.63) is 18.1 Å². The smallest absolute Gasteiger partial charge is 0.129 e. The molecular formula is C9H13N3O. The van der Waals surface area contributed by atoms with Gasteiger partial charge in [0.25, 0.3) is 0 Å². The SMILES string of the molecule is Cc1cc(NC2CCOC2)ncn1. The second-order valence-electron chi connectivity index (χ2n) is 3.25. The molecule has 0 saturated carbocycles. The molecule has 1 N–H and O–H groups in total. The van der Waals surface area contributed by atoms with Crippen molar-refractivity contribution in [2.45, 2.75) is 19.4 Å². The highest BCUT2D eigenvalue weighted by Gasteiger charge is 2.15. The number of anilines is 1. The van der Waals surface area contributed by atoms with Crippen LogP contribution in [0.1, 0.15) is 12.1 Å². The summed E-state index contributed by atoms with van der Waals surface area (Å²) < 4.78 is 5.25. The summed E-state index contributed by atoms with van der Waals surface area (Å²) in [6.07, 6.45) is 2.64. The quantitative estimate of drug-likeness (QED) is 0.735. The lowest BCUT2D eigenvalue weighted by Gasteiger charge is -2.10. The van der Waals surface area contributed by atoms with Crippen molar-refractivity contribution in [3.63, 3.8) is 0 Å². The largest absolute Gasteiger partial charge is 0.379 e. The van der Waals surface area contributed by atoms with Crippen LogP contribution in [0.15, 0.2) is 12.4 Å². The van der Waals surface area contributed by atoms with E-state index in [0.29, 0.717) is 6.04 Å². The van der Waals surface area contributed by atoms with Gasteiger partial charge in [-0.2, -0.15) is 0 Å². The third-order valence-electron chi connectivity index (χ3n) is 2.09. The van der Waals surface area contributed by atoms with Gasteiger partial charge in [-0.05, 0) is 13.3 Å². The minimum Gasteiger partial charge on any atom is -0.379 e. The zero-order valence-electron chi connectivity index (χ0n) is 7.66. The maximum atomic E-state index is 5.25. The molecule has 1 aromatic heterocycles. The molecule has 1 aliphatic heterocycles. The Labute approximate surface area is 77.4 Å². The Morgan fingerprint density at radius 3 is 3.15 bits per heavy atom. The van der Waals surface area contributed by atoms with Crippen molar-refractivity contribution in [1.29, 1.82) is 0 Å². The maximum absolute atomic E-state index is 5.25. The van der Waals surface area contributed by atoms with Gasteiger partial charge in [-0.3, -0.25) is 0 Å². The summed E-state index contributed by atoms with van der Waals surface area (Å²) >= 11 is 0. The van der Waals surface area contributed by atoms with Crippen molar-refractivity contribution >= 4 is 5.82 Å². The molecule has 0 spiro atoms. The van der Waals surface area contributed by atoms with Crippen molar-refractivity contribution in [3.8, 4) is 0 Å². The predicted octanol–water partition coefficient (Wildman–Crippen LogP) is 0.986. The van der Waals surface area contributed by atoms with E-state index in [1.165, 1.54) is 0 Å². The fourth-order valence-electron chi connectivity index (χ4n) is 1.39. The molecular weight excluding hydrogens is 166 g/mol. The Bertz CT molecular complexity index is 284. The number of hydrogen-bond acceptors (Lipinski definition) is 4. The summed E-state index contributed by atoms with van der Waals surface area (Å²) in [5, 5.41) is 3.31. The number of nitrogens with one attached hydrogen (secondary N) is 1. The maximum Gasteiger partial charge on any atom is 0.129 e. The molecule has 13 heavy (non-hydrogen) atoms. The molecule has 1 aromatic rings. The van der Waals surface area contributed by atoms with Crippen LogP contribution >= 0.6 is 0 Å². The number of ether oxygens (including phenoxy) is 1. The Kier molecular flexibility index (Phi) is 2.40. The van der Waals surface area contributed by atoms with E-state index in [2.05, 4.69) is 15.3 Å². The lowest BCUT2D eigenvalue weighted by molar-refractivity contribution is 0.195. The highest BCUT2D eigenvalue weighted by atomic mass is 16.5. The molecule has 1 saturated heterocycles. The van der Waals surface area contributed by atoms with Crippen LogP contribution in [0.4, 0.5) is 5.82 Å². The number of aryl methyl sites for hydroxylation is 1. The molecule has 1 atom stereocenters. The van der Waals surface area contributed by atoms with Crippen LogP contribution in [0, 0.1) is 6.92 Å². The fourth-order valence-corrected chi connectivity index (χ4v) is 1.39. The molecule has 0 aromatic carbocycles. The van der Waals surface area contributed by atoms with Crippen LogP contribution in [0.3, 0.4) is 0 Å². The van der Waals surface area contributed by atoms with E-state index < -0.39 is 0 Å². The van der Waals surface area contributed by atoms with E-state index in [4.69, 9.17) is 4.74 Å². The molecule has 70 valence electrons. The third-order valence-corrected chi connectivity index (χ3v) is 2.09. The standard InChI is InChI=1S/C9H13N3O/c1-7-4-9(11-6-10-7)12-8-2-3-13-5-8/h4,6,8H,2-3,5H2,1H3,(H,10,11,12). The monoisotopic (exact) mass is 179 g/mol. The van der Waals surface area contributed by atoms with Crippen molar-refractivity contribution in [2.75, 3.05) is 18.5 Å². The zero-order chi connectivity index (χ0) is 9.10. The number of hydrogen-bond donors (Lipinski definition) is 1. The van der Waals surface area contributed by atoms with Gasteiger partial charge in [-0.15, -0.1) is 0 Å². The van der Waals surface area contributed by atoms with E-state index in [9.17, 15) is 0 Å². The summed E-state index contributed by atoms with van der Waals surface area (Å²) in [7, 11) is 0. The van der Waals surface area contributed by atoms with Gasteiger partial charge in [0.1, 0.15) is 12.1 Å². The molecule has 4 heteroatoms. The third kappa shape index (κ3) is 2.15. The molecule has 0 radical (unpaired) electrons. The molecule has 2 heterocycles. The summed E-state index contributed by atoms with van der Waals surface area (Å²) in [5.41, 5.74) is 0.983. The lowest BCUT2D eigenvalue weighted by atomic mass is 10.2. The van der Waals surface area contributed by atoms with Gasteiger partial charge in [0.15, 0.2) is 0 Å².